The van der Waals surface area contributed by atoms with Gasteiger partial charge in [0.1, 0.15) is 0 Å². The molecule has 1 aliphatic heterocycles. The Bertz CT molecular complexity index is 642. The van der Waals surface area contributed by atoms with Crippen molar-refractivity contribution in [2.75, 3.05) is 19.0 Å². The zero-order valence-corrected chi connectivity index (χ0v) is 14.9. The van der Waals surface area contributed by atoms with E-state index in [4.69, 9.17) is 21.1 Å². The summed E-state index contributed by atoms with van der Waals surface area (Å²) in [6.45, 7) is 2.18. The third-order valence-corrected chi connectivity index (χ3v) is 4.97. The van der Waals surface area contributed by atoms with Gasteiger partial charge in [-0.2, -0.15) is 0 Å². The minimum Gasteiger partial charge on any atom is -0.390 e. The molecule has 0 radical (unpaired) electrons. The first-order chi connectivity index (χ1) is 11.7. The van der Waals surface area contributed by atoms with Gasteiger partial charge in [0.05, 0.1) is 25.5 Å². The fourth-order valence-corrected chi connectivity index (χ4v) is 3.58. The van der Waals surface area contributed by atoms with Gasteiger partial charge in [-0.25, -0.2) is 4.98 Å². The molecule has 0 saturated carbocycles. The minimum absolute atomic E-state index is 0.0595. The highest BCUT2D eigenvalue weighted by Gasteiger charge is 2.15. The standard InChI is InChI=1S/C17H21ClN2O3S/c18-14-4-2-13(3-5-14)10-20-11-15(12-21)19-17(20)24-9-6-16-22-7-1-8-23-16/h2-5,11,16,21H,1,6-10,12H2. The first kappa shape index (κ1) is 17.8. The molecule has 1 aliphatic rings. The maximum atomic E-state index is 9.36. The van der Waals surface area contributed by atoms with Crippen LogP contribution >= 0.6 is 23.4 Å². The van der Waals surface area contributed by atoms with E-state index in [1.54, 1.807) is 11.8 Å². The summed E-state index contributed by atoms with van der Waals surface area (Å²) in [6.07, 6.45) is 3.58. The molecule has 2 aromatic rings. The quantitative estimate of drug-likeness (QED) is 0.760. The number of aromatic nitrogens is 2. The van der Waals surface area contributed by atoms with Gasteiger partial charge in [-0.1, -0.05) is 35.5 Å². The van der Waals surface area contributed by atoms with Gasteiger partial charge in [0.25, 0.3) is 0 Å². The Morgan fingerprint density at radius 1 is 1.25 bits per heavy atom. The Hall–Kier alpha value is -1.05. The van der Waals surface area contributed by atoms with E-state index in [0.29, 0.717) is 12.2 Å². The van der Waals surface area contributed by atoms with E-state index in [2.05, 4.69) is 9.55 Å². The lowest BCUT2D eigenvalue weighted by molar-refractivity contribution is -0.178. The lowest BCUT2D eigenvalue weighted by atomic mass is 10.2. The van der Waals surface area contributed by atoms with Crippen LogP contribution in [0.3, 0.4) is 0 Å². The van der Waals surface area contributed by atoms with E-state index in [9.17, 15) is 5.11 Å². The number of halogens is 1. The molecule has 7 heteroatoms. The molecule has 24 heavy (non-hydrogen) atoms. The van der Waals surface area contributed by atoms with E-state index < -0.39 is 0 Å². The molecule has 0 spiro atoms. The van der Waals surface area contributed by atoms with E-state index in [0.717, 1.165) is 47.6 Å². The monoisotopic (exact) mass is 368 g/mol. The van der Waals surface area contributed by atoms with Crippen LogP contribution in [-0.4, -0.2) is 39.9 Å². The largest absolute Gasteiger partial charge is 0.390 e. The Labute approximate surface area is 150 Å². The summed E-state index contributed by atoms with van der Waals surface area (Å²) in [5.41, 5.74) is 1.82. The molecular formula is C17H21ClN2O3S. The predicted molar refractivity (Wildman–Crippen MR) is 94.4 cm³/mol. The lowest BCUT2D eigenvalue weighted by Gasteiger charge is -2.22. The van der Waals surface area contributed by atoms with Crippen molar-refractivity contribution in [2.45, 2.75) is 37.4 Å². The molecule has 0 bridgehead atoms. The van der Waals surface area contributed by atoms with Gasteiger partial charge in [0.2, 0.25) is 0 Å². The maximum absolute atomic E-state index is 9.36. The van der Waals surface area contributed by atoms with Gasteiger partial charge in [0.15, 0.2) is 11.4 Å². The number of thioether (sulfide) groups is 1. The van der Waals surface area contributed by atoms with Crippen LogP contribution in [0.5, 0.6) is 0 Å². The van der Waals surface area contributed by atoms with Crippen LogP contribution in [0.2, 0.25) is 5.02 Å². The van der Waals surface area contributed by atoms with E-state index in [-0.39, 0.29) is 12.9 Å². The Balaban J connectivity index is 1.61. The van der Waals surface area contributed by atoms with Crippen molar-refractivity contribution >= 4 is 23.4 Å². The van der Waals surface area contributed by atoms with E-state index in [1.807, 2.05) is 30.5 Å². The van der Waals surface area contributed by atoms with E-state index >= 15 is 0 Å². The first-order valence-corrected chi connectivity index (χ1v) is 9.38. The van der Waals surface area contributed by atoms with Crippen molar-refractivity contribution in [2.24, 2.45) is 0 Å². The molecule has 1 aromatic heterocycles. The number of ether oxygens (including phenoxy) is 2. The number of hydrogen-bond acceptors (Lipinski definition) is 5. The summed E-state index contributed by atoms with van der Waals surface area (Å²) in [6, 6.07) is 7.76. The van der Waals surface area contributed by atoms with E-state index in [1.165, 1.54) is 0 Å². The number of rotatable bonds is 7. The normalized spacial score (nSPS) is 15.8. The summed E-state index contributed by atoms with van der Waals surface area (Å²) in [5.74, 6) is 0.854. The predicted octanol–water partition coefficient (Wildman–Crippen LogP) is 3.32. The molecule has 2 heterocycles. The zero-order chi connectivity index (χ0) is 16.8. The van der Waals surface area contributed by atoms with Crippen molar-refractivity contribution in [1.29, 1.82) is 0 Å². The number of aliphatic hydroxyl groups is 1. The Morgan fingerprint density at radius 3 is 2.71 bits per heavy atom. The molecule has 1 N–H and O–H groups in total. The summed E-state index contributed by atoms with van der Waals surface area (Å²) < 4.78 is 13.2. The van der Waals surface area contributed by atoms with Crippen molar-refractivity contribution in [3.05, 3.63) is 46.7 Å². The molecule has 0 unspecified atom stereocenters. The molecule has 0 atom stereocenters. The summed E-state index contributed by atoms with van der Waals surface area (Å²) in [5, 5.41) is 11.0. The molecule has 1 fully saturated rings. The van der Waals surface area contributed by atoms with Crippen LogP contribution in [-0.2, 0) is 22.6 Å². The zero-order valence-electron chi connectivity index (χ0n) is 13.4. The third-order valence-electron chi connectivity index (χ3n) is 3.70. The van der Waals surface area contributed by atoms with Gasteiger partial charge < -0.3 is 19.1 Å². The molecule has 130 valence electrons. The van der Waals surface area contributed by atoms with Crippen LogP contribution in [0.25, 0.3) is 0 Å². The van der Waals surface area contributed by atoms with Crippen LogP contribution in [0.1, 0.15) is 24.1 Å². The molecule has 0 amide bonds. The molecule has 3 rings (SSSR count). The lowest BCUT2D eigenvalue weighted by Crippen LogP contribution is -2.25. The second-order valence-corrected chi connectivity index (χ2v) is 7.09. The highest BCUT2D eigenvalue weighted by molar-refractivity contribution is 7.99. The number of hydrogen-bond donors (Lipinski definition) is 1. The topological polar surface area (TPSA) is 56.5 Å². The summed E-state index contributed by atoms with van der Waals surface area (Å²) in [4.78, 5) is 4.49. The second kappa shape index (κ2) is 8.87. The molecule has 5 nitrogen and oxygen atoms in total. The Morgan fingerprint density at radius 2 is 2.00 bits per heavy atom. The molecule has 1 saturated heterocycles. The Kier molecular flexibility index (Phi) is 6.57. The number of imidazole rings is 1. The third kappa shape index (κ3) is 4.97. The number of aliphatic hydroxyl groups excluding tert-OH is 1. The SMILES string of the molecule is OCc1cn(Cc2ccc(Cl)cc2)c(SCCC2OCCCO2)n1. The fourth-order valence-electron chi connectivity index (χ4n) is 2.49. The summed E-state index contributed by atoms with van der Waals surface area (Å²) in [7, 11) is 0. The van der Waals surface area contributed by atoms with Crippen molar-refractivity contribution in [1.82, 2.24) is 9.55 Å². The fraction of sp³-hybridized carbons (Fsp3) is 0.471. The van der Waals surface area contributed by atoms with Crippen LogP contribution in [0, 0.1) is 0 Å². The highest BCUT2D eigenvalue weighted by Crippen LogP contribution is 2.22. The number of benzene rings is 1. The average Bonchev–Trinajstić information content (AvgIpc) is 3.00. The van der Waals surface area contributed by atoms with Crippen molar-refractivity contribution in [3.8, 4) is 0 Å². The van der Waals surface area contributed by atoms with Crippen LogP contribution < -0.4 is 0 Å². The van der Waals surface area contributed by atoms with Gasteiger partial charge in [0, 0.05) is 29.9 Å². The van der Waals surface area contributed by atoms with Gasteiger partial charge >= 0.3 is 0 Å². The van der Waals surface area contributed by atoms with Gasteiger partial charge in [-0.05, 0) is 24.1 Å². The second-order valence-electron chi connectivity index (χ2n) is 5.59. The van der Waals surface area contributed by atoms with Gasteiger partial charge in [-0.15, -0.1) is 0 Å². The van der Waals surface area contributed by atoms with Crippen LogP contribution in [0.15, 0.2) is 35.6 Å². The molecule has 0 aliphatic carbocycles. The molecule has 1 aromatic carbocycles. The maximum Gasteiger partial charge on any atom is 0.168 e. The minimum atomic E-state index is -0.108. The highest BCUT2D eigenvalue weighted by atomic mass is 35.5. The van der Waals surface area contributed by atoms with Crippen molar-refractivity contribution in [3.63, 3.8) is 0 Å². The van der Waals surface area contributed by atoms with Crippen molar-refractivity contribution < 1.29 is 14.6 Å². The van der Waals surface area contributed by atoms with Gasteiger partial charge in [-0.3, -0.25) is 0 Å². The average molecular weight is 369 g/mol. The smallest absolute Gasteiger partial charge is 0.168 e. The number of nitrogens with zero attached hydrogens (tertiary/aromatic N) is 2. The first-order valence-electron chi connectivity index (χ1n) is 8.02. The summed E-state index contributed by atoms with van der Waals surface area (Å²) >= 11 is 7.59. The molecular weight excluding hydrogens is 348 g/mol. The van der Waals surface area contributed by atoms with Crippen LogP contribution in [0.4, 0.5) is 0 Å².